The molecule has 0 radical (unpaired) electrons. The van der Waals surface area contributed by atoms with Gasteiger partial charge in [0, 0.05) is 11.1 Å². The molecule has 3 aromatic rings. The SMILES string of the molecule is C=C(Nc1ccccc1C)c1csc(Nc2ccsc2C(=O)O)n1.CCCC(CN)CCC. The van der Waals surface area contributed by atoms with Gasteiger partial charge < -0.3 is 21.5 Å². The largest absolute Gasteiger partial charge is 0.477 e. The molecule has 6 nitrogen and oxygen atoms in total. The van der Waals surface area contributed by atoms with Crippen LogP contribution in [0.1, 0.15) is 60.5 Å². The number of nitrogens with one attached hydrogen (secondary N) is 2. The first kappa shape index (κ1) is 26.6. The molecular weight excluding hydrogens is 452 g/mol. The molecule has 0 saturated heterocycles. The number of aromatic nitrogens is 1. The molecule has 33 heavy (non-hydrogen) atoms. The summed E-state index contributed by atoms with van der Waals surface area (Å²) in [7, 11) is 0. The lowest BCUT2D eigenvalue weighted by molar-refractivity contribution is 0.0703. The number of hydrogen-bond acceptors (Lipinski definition) is 7. The Hall–Kier alpha value is -2.68. The monoisotopic (exact) mass is 486 g/mol. The molecule has 0 aliphatic carbocycles. The first-order valence-corrected chi connectivity index (χ1v) is 12.9. The van der Waals surface area contributed by atoms with Crippen molar-refractivity contribution in [1.29, 1.82) is 0 Å². The van der Waals surface area contributed by atoms with E-state index in [4.69, 9.17) is 10.8 Å². The summed E-state index contributed by atoms with van der Waals surface area (Å²) in [5.41, 5.74) is 9.61. The standard InChI is InChI=1S/C17H15N3O2S2.C8H19N/c1-10-5-3-4-6-12(10)18-11(2)14-9-24-17(20-14)19-13-7-8-23-15(13)16(21)22;1-3-5-8(7-9)6-4-2/h3-9,18H,2H2,1H3,(H,19,20)(H,21,22);8H,3-7,9H2,1-2H3. The second kappa shape index (κ2) is 13.8. The van der Waals surface area contributed by atoms with Gasteiger partial charge in [0.05, 0.1) is 17.1 Å². The normalized spacial score (nSPS) is 10.5. The summed E-state index contributed by atoms with van der Waals surface area (Å²) >= 11 is 2.58. The summed E-state index contributed by atoms with van der Waals surface area (Å²) in [6.07, 6.45) is 5.18. The molecule has 178 valence electrons. The highest BCUT2D eigenvalue weighted by atomic mass is 32.1. The Morgan fingerprint density at radius 3 is 2.45 bits per heavy atom. The number of aromatic carboxylic acids is 1. The van der Waals surface area contributed by atoms with Gasteiger partial charge >= 0.3 is 5.97 Å². The van der Waals surface area contributed by atoms with Crippen LogP contribution in [0.3, 0.4) is 0 Å². The highest BCUT2D eigenvalue weighted by Crippen LogP contribution is 2.29. The first-order chi connectivity index (χ1) is 15.9. The average molecular weight is 487 g/mol. The van der Waals surface area contributed by atoms with Crippen molar-refractivity contribution in [1.82, 2.24) is 4.98 Å². The average Bonchev–Trinajstić information content (AvgIpc) is 3.46. The molecular formula is C25H34N4O2S2. The van der Waals surface area contributed by atoms with E-state index in [1.54, 1.807) is 11.4 Å². The van der Waals surface area contributed by atoms with E-state index in [2.05, 4.69) is 36.0 Å². The molecule has 0 spiro atoms. The minimum Gasteiger partial charge on any atom is -0.477 e. The van der Waals surface area contributed by atoms with Crippen molar-refractivity contribution in [2.24, 2.45) is 11.7 Å². The Morgan fingerprint density at radius 2 is 1.85 bits per heavy atom. The van der Waals surface area contributed by atoms with Gasteiger partial charge in [0.2, 0.25) is 0 Å². The van der Waals surface area contributed by atoms with Crippen molar-refractivity contribution in [3.05, 3.63) is 63.8 Å². The zero-order valence-corrected chi connectivity index (χ0v) is 21.2. The highest BCUT2D eigenvalue weighted by molar-refractivity contribution is 7.14. The summed E-state index contributed by atoms with van der Waals surface area (Å²) in [6, 6.07) is 9.68. The number of carbonyl (C=O) groups is 1. The van der Waals surface area contributed by atoms with Crippen LogP contribution < -0.4 is 16.4 Å². The van der Waals surface area contributed by atoms with E-state index in [-0.39, 0.29) is 4.88 Å². The van der Waals surface area contributed by atoms with Crippen LogP contribution >= 0.6 is 22.7 Å². The number of carboxylic acids is 1. The zero-order chi connectivity index (χ0) is 24.2. The number of nitrogens with two attached hydrogens (primary N) is 1. The van der Waals surface area contributed by atoms with E-state index in [9.17, 15) is 4.79 Å². The molecule has 0 atom stereocenters. The lowest BCUT2D eigenvalue weighted by Crippen LogP contribution is -2.13. The Balaban J connectivity index is 0.000000365. The van der Waals surface area contributed by atoms with Gasteiger partial charge in [0.15, 0.2) is 5.13 Å². The number of carboxylic acid groups (broad SMARTS) is 1. The van der Waals surface area contributed by atoms with E-state index in [1.807, 2.05) is 36.6 Å². The molecule has 2 heterocycles. The Labute approximate surface area is 204 Å². The van der Waals surface area contributed by atoms with Gasteiger partial charge in [0.25, 0.3) is 0 Å². The summed E-state index contributed by atoms with van der Waals surface area (Å²) in [4.78, 5) is 15.9. The molecule has 0 saturated carbocycles. The summed E-state index contributed by atoms with van der Waals surface area (Å²) in [5, 5.41) is 19.7. The molecule has 0 aliphatic rings. The maximum atomic E-state index is 11.2. The molecule has 0 unspecified atom stereocenters. The van der Waals surface area contributed by atoms with Crippen LogP contribution in [-0.4, -0.2) is 22.6 Å². The maximum Gasteiger partial charge on any atom is 0.348 e. The predicted molar refractivity (Wildman–Crippen MR) is 143 cm³/mol. The summed E-state index contributed by atoms with van der Waals surface area (Å²) in [5.74, 6) is -0.157. The fourth-order valence-electron chi connectivity index (χ4n) is 3.29. The third-order valence-corrected chi connectivity index (χ3v) is 6.73. The zero-order valence-electron chi connectivity index (χ0n) is 19.6. The van der Waals surface area contributed by atoms with E-state index in [0.717, 1.165) is 29.4 Å². The maximum absolute atomic E-state index is 11.2. The van der Waals surface area contributed by atoms with E-state index < -0.39 is 5.97 Å². The summed E-state index contributed by atoms with van der Waals surface area (Å²) in [6.45, 7) is 11.4. The second-order valence-corrected chi connectivity index (χ2v) is 9.50. The number of nitrogens with zero attached hydrogens (tertiary/aromatic N) is 1. The quantitative estimate of drug-likeness (QED) is 0.229. The fourth-order valence-corrected chi connectivity index (χ4v) is 4.72. The second-order valence-electron chi connectivity index (χ2n) is 7.73. The van der Waals surface area contributed by atoms with Gasteiger partial charge in [-0.2, -0.15) is 0 Å². The van der Waals surface area contributed by atoms with Gasteiger partial charge in [-0.05, 0) is 55.3 Å². The number of thiazole rings is 1. The molecule has 5 N–H and O–H groups in total. The molecule has 3 rings (SSSR count). The molecule has 8 heteroatoms. The predicted octanol–water partition coefficient (Wildman–Crippen LogP) is 7.20. The van der Waals surface area contributed by atoms with Crippen molar-refractivity contribution >= 4 is 50.8 Å². The Bertz CT molecular complexity index is 1020. The van der Waals surface area contributed by atoms with Crippen LogP contribution in [0, 0.1) is 12.8 Å². The van der Waals surface area contributed by atoms with E-state index in [1.165, 1.54) is 48.4 Å². The number of thiophene rings is 1. The highest BCUT2D eigenvalue weighted by Gasteiger charge is 2.14. The van der Waals surface area contributed by atoms with Crippen LogP contribution in [0.2, 0.25) is 0 Å². The molecule has 2 aromatic heterocycles. The third-order valence-electron chi connectivity index (χ3n) is 5.07. The fraction of sp³-hybridized carbons (Fsp3) is 0.360. The number of benzene rings is 1. The van der Waals surface area contributed by atoms with Gasteiger partial charge in [-0.25, -0.2) is 9.78 Å². The summed E-state index contributed by atoms with van der Waals surface area (Å²) < 4.78 is 0. The van der Waals surface area contributed by atoms with Gasteiger partial charge in [0.1, 0.15) is 4.88 Å². The Kier molecular flexibility index (Phi) is 11.1. The van der Waals surface area contributed by atoms with Gasteiger partial charge in [-0.15, -0.1) is 22.7 Å². The van der Waals surface area contributed by atoms with Crippen molar-refractivity contribution in [2.75, 3.05) is 17.2 Å². The number of rotatable bonds is 11. The molecule has 0 bridgehead atoms. The number of para-hydroxylation sites is 1. The smallest absolute Gasteiger partial charge is 0.348 e. The van der Waals surface area contributed by atoms with Gasteiger partial charge in [-0.3, -0.25) is 0 Å². The first-order valence-electron chi connectivity index (χ1n) is 11.1. The number of hydrogen-bond donors (Lipinski definition) is 4. The lowest BCUT2D eigenvalue weighted by atomic mass is 9.99. The molecule has 0 fully saturated rings. The molecule has 0 amide bonds. The lowest BCUT2D eigenvalue weighted by Gasteiger charge is -2.10. The van der Waals surface area contributed by atoms with Crippen LogP contribution in [0.4, 0.5) is 16.5 Å². The van der Waals surface area contributed by atoms with Crippen molar-refractivity contribution in [2.45, 2.75) is 46.5 Å². The van der Waals surface area contributed by atoms with Gasteiger partial charge in [-0.1, -0.05) is 51.5 Å². The van der Waals surface area contributed by atoms with Crippen LogP contribution in [-0.2, 0) is 0 Å². The van der Waals surface area contributed by atoms with Crippen molar-refractivity contribution < 1.29 is 9.90 Å². The van der Waals surface area contributed by atoms with Crippen LogP contribution in [0.15, 0.2) is 47.7 Å². The molecule has 1 aromatic carbocycles. The van der Waals surface area contributed by atoms with Crippen molar-refractivity contribution in [3.8, 4) is 0 Å². The Morgan fingerprint density at radius 1 is 1.15 bits per heavy atom. The number of anilines is 3. The van der Waals surface area contributed by atoms with Crippen LogP contribution in [0.25, 0.3) is 5.70 Å². The van der Waals surface area contributed by atoms with Crippen LogP contribution in [0.5, 0.6) is 0 Å². The van der Waals surface area contributed by atoms with Crippen molar-refractivity contribution in [3.63, 3.8) is 0 Å². The third kappa shape index (κ3) is 8.31. The topological polar surface area (TPSA) is 100 Å². The minimum absolute atomic E-state index is 0.267. The number of aryl methyl sites for hydroxylation is 1. The van der Waals surface area contributed by atoms with E-state index in [0.29, 0.717) is 16.5 Å². The van der Waals surface area contributed by atoms with E-state index >= 15 is 0 Å². The molecule has 0 aliphatic heterocycles. The minimum atomic E-state index is -0.949.